The maximum Gasteiger partial charge on any atom is 0.220 e. The minimum Gasteiger partial charge on any atom is -0.497 e. The number of methoxy groups -OCH3 is 1. The van der Waals surface area contributed by atoms with Gasteiger partial charge < -0.3 is 10.1 Å². The van der Waals surface area contributed by atoms with Gasteiger partial charge in [0.25, 0.3) is 0 Å². The highest BCUT2D eigenvalue weighted by atomic mass is 79.9. The van der Waals surface area contributed by atoms with Crippen LogP contribution in [-0.2, 0) is 11.2 Å². The predicted octanol–water partition coefficient (Wildman–Crippen LogP) is 2.67. The van der Waals surface area contributed by atoms with Crippen LogP contribution >= 0.6 is 15.9 Å². The summed E-state index contributed by atoms with van der Waals surface area (Å²) in [6, 6.07) is 7.86. The van der Waals surface area contributed by atoms with Crippen molar-refractivity contribution >= 4 is 21.8 Å². The lowest BCUT2D eigenvalue weighted by atomic mass is 10.1. The van der Waals surface area contributed by atoms with Gasteiger partial charge in [0.15, 0.2) is 0 Å². The first-order valence-corrected chi connectivity index (χ1v) is 7.29. The summed E-state index contributed by atoms with van der Waals surface area (Å²) in [5.74, 6) is 0.988. The molecule has 0 unspecified atom stereocenters. The Balaban J connectivity index is 1.78. The van der Waals surface area contributed by atoms with E-state index in [9.17, 15) is 4.79 Å². The molecule has 18 heavy (non-hydrogen) atoms. The van der Waals surface area contributed by atoms with Gasteiger partial charge in [0.05, 0.1) is 7.11 Å². The molecule has 0 saturated heterocycles. The molecule has 1 aromatic rings. The van der Waals surface area contributed by atoms with Crippen molar-refractivity contribution in [2.24, 2.45) is 0 Å². The fraction of sp³-hybridized carbons (Fsp3) is 0.500. The lowest BCUT2D eigenvalue weighted by Gasteiger charge is -2.14. The van der Waals surface area contributed by atoms with Gasteiger partial charge in [0.1, 0.15) is 5.75 Å². The van der Waals surface area contributed by atoms with E-state index in [1.807, 2.05) is 24.3 Å². The second kappa shape index (κ2) is 5.74. The largest absolute Gasteiger partial charge is 0.497 e. The van der Waals surface area contributed by atoms with Gasteiger partial charge in [-0.25, -0.2) is 0 Å². The quantitative estimate of drug-likeness (QED) is 0.820. The molecule has 0 bridgehead atoms. The molecule has 4 heteroatoms. The van der Waals surface area contributed by atoms with Crippen LogP contribution in [0.2, 0.25) is 0 Å². The van der Waals surface area contributed by atoms with Crippen molar-refractivity contribution in [1.29, 1.82) is 0 Å². The molecule has 1 fully saturated rings. The first kappa shape index (κ1) is 13.4. The van der Waals surface area contributed by atoms with Crippen LogP contribution in [0.25, 0.3) is 0 Å². The van der Waals surface area contributed by atoms with Crippen LogP contribution in [0.3, 0.4) is 0 Å². The Morgan fingerprint density at radius 1 is 1.39 bits per heavy atom. The Bertz CT molecular complexity index is 412. The number of rotatable bonds is 6. The standard InChI is InChI=1S/C14H18BrNO2/c1-18-12-5-2-11(3-6-12)4-7-13(17)16-14(10-15)8-9-14/h2-3,5-6H,4,7-10H2,1H3,(H,16,17). The summed E-state index contributed by atoms with van der Waals surface area (Å²) in [5, 5.41) is 3.95. The maximum atomic E-state index is 11.8. The van der Waals surface area contributed by atoms with E-state index in [2.05, 4.69) is 21.2 Å². The lowest BCUT2D eigenvalue weighted by molar-refractivity contribution is -0.121. The molecule has 1 aliphatic rings. The van der Waals surface area contributed by atoms with Crippen LogP contribution in [-0.4, -0.2) is 23.9 Å². The van der Waals surface area contributed by atoms with Crippen LogP contribution in [0, 0.1) is 0 Å². The molecule has 2 rings (SSSR count). The van der Waals surface area contributed by atoms with Crippen molar-refractivity contribution in [1.82, 2.24) is 5.32 Å². The van der Waals surface area contributed by atoms with Crippen molar-refractivity contribution in [2.45, 2.75) is 31.2 Å². The number of benzene rings is 1. The molecule has 0 aliphatic heterocycles. The maximum absolute atomic E-state index is 11.8. The molecule has 1 saturated carbocycles. The number of carbonyl (C=O) groups excluding carboxylic acids is 1. The number of alkyl halides is 1. The minimum absolute atomic E-state index is 0.0526. The number of hydrogen-bond donors (Lipinski definition) is 1. The third kappa shape index (κ3) is 3.48. The Morgan fingerprint density at radius 3 is 2.56 bits per heavy atom. The second-order valence-corrected chi connectivity index (χ2v) is 5.37. The highest BCUT2D eigenvalue weighted by Gasteiger charge is 2.42. The number of carbonyl (C=O) groups is 1. The fourth-order valence-corrected chi connectivity index (χ4v) is 2.55. The van der Waals surface area contributed by atoms with Crippen molar-refractivity contribution in [3.8, 4) is 5.75 Å². The predicted molar refractivity (Wildman–Crippen MR) is 75.2 cm³/mol. The molecule has 0 radical (unpaired) electrons. The average Bonchev–Trinajstić information content (AvgIpc) is 3.17. The molecule has 0 aromatic heterocycles. The highest BCUT2D eigenvalue weighted by molar-refractivity contribution is 9.09. The van der Waals surface area contributed by atoms with Crippen LogP contribution < -0.4 is 10.1 Å². The van der Waals surface area contributed by atoms with E-state index in [1.165, 1.54) is 0 Å². The third-order valence-electron chi connectivity index (χ3n) is 3.31. The van der Waals surface area contributed by atoms with E-state index in [0.717, 1.165) is 35.9 Å². The first-order chi connectivity index (χ1) is 8.67. The zero-order valence-electron chi connectivity index (χ0n) is 10.5. The van der Waals surface area contributed by atoms with Crippen LogP contribution in [0.4, 0.5) is 0 Å². The molecule has 0 atom stereocenters. The summed E-state index contributed by atoms with van der Waals surface area (Å²) >= 11 is 3.45. The van der Waals surface area contributed by atoms with Gasteiger partial charge in [-0.05, 0) is 37.0 Å². The molecule has 98 valence electrons. The summed E-state index contributed by atoms with van der Waals surface area (Å²) in [6.45, 7) is 0. The van der Waals surface area contributed by atoms with Crippen molar-refractivity contribution in [3.05, 3.63) is 29.8 Å². The average molecular weight is 312 g/mol. The number of hydrogen-bond acceptors (Lipinski definition) is 2. The van der Waals surface area contributed by atoms with Crippen molar-refractivity contribution in [3.63, 3.8) is 0 Å². The zero-order valence-corrected chi connectivity index (χ0v) is 12.1. The van der Waals surface area contributed by atoms with Gasteiger partial charge in [-0.15, -0.1) is 0 Å². The van der Waals surface area contributed by atoms with Crippen molar-refractivity contribution in [2.75, 3.05) is 12.4 Å². The Hall–Kier alpha value is -1.03. The molecular formula is C14H18BrNO2. The smallest absolute Gasteiger partial charge is 0.220 e. The summed E-state index contributed by atoms with van der Waals surface area (Å²) in [4.78, 5) is 11.8. The topological polar surface area (TPSA) is 38.3 Å². The summed E-state index contributed by atoms with van der Waals surface area (Å²) < 4.78 is 5.10. The van der Waals surface area contributed by atoms with E-state index in [1.54, 1.807) is 7.11 Å². The van der Waals surface area contributed by atoms with Crippen LogP contribution in [0.15, 0.2) is 24.3 Å². The van der Waals surface area contributed by atoms with Crippen LogP contribution in [0.1, 0.15) is 24.8 Å². The Labute approximate surface area is 116 Å². The number of amides is 1. The molecule has 0 spiro atoms. The van der Waals surface area contributed by atoms with Crippen molar-refractivity contribution < 1.29 is 9.53 Å². The zero-order chi connectivity index (χ0) is 13.0. The first-order valence-electron chi connectivity index (χ1n) is 6.17. The van der Waals surface area contributed by atoms with Gasteiger partial charge in [-0.1, -0.05) is 28.1 Å². The van der Waals surface area contributed by atoms with E-state index >= 15 is 0 Å². The number of nitrogens with one attached hydrogen (secondary N) is 1. The van der Waals surface area contributed by atoms with E-state index in [0.29, 0.717) is 6.42 Å². The normalized spacial score (nSPS) is 16.1. The highest BCUT2D eigenvalue weighted by Crippen LogP contribution is 2.36. The van der Waals surface area contributed by atoms with E-state index in [-0.39, 0.29) is 11.4 Å². The van der Waals surface area contributed by atoms with Gasteiger partial charge in [-0.2, -0.15) is 0 Å². The third-order valence-corrected chi connectivity index (χ3v) is 4.39. The van der Waals surface area contributed by atoms with E-state index in [4.69, 9.17) is 4.74 Å². The summed E-state index contributed by atoms with van der Waals surface area (Å²) in [5.41, 5.74) is 1.21. The Morgan fingerprint density at radius 2 is 2.06 bits per heavy atom. The fourth-order valence-electron chi connectivity index (χ4n) is 1.85. The van der Waals surface area contributed by atoms with Gasteiger partial charge >= 0.3 is 0 Å². The van der Waals surface area contributed by atoms with Crippen LogP contribution in [0.5, 0.6) is 5.75 Å². The summed E-state index contributed by atoms with van der Waals surface area (Å²) in [6.07, 6.45) is 3.49. The number of halogens is 1. The summed E-state index contributed by atoms with van der Waals surface area (Å²) in [7, 11) is 1.65. The number of ether oxygens (including phenoxy) is 1. The molecule has 1 N–H and O–H groups in total. The monoisotopic (exact) mass is 311 g/mol. The van der Waals surface area contributed by atoms with Gasteiger partial charge in [0, 0.05) is 17.3 Å². The molecule has 1 aromatic carbocycles. The molecule has 1 aliphatic carbocycles. The Kier molecular flexibility index (Phi) is 4.27. The van der Waals surface area contributed by atoms with E-state index < -0.39 is 0 Å². The molecule has 1 amide bonds. The minimum atomic E-state index is 0.0526. The van der Waals surface area contributed by atoms with Gasteiger partial charge in [0.2, 0.25) is 5.91 Å². The number of aryl methyl sites for hydroxylation is 1. The SMILES string of the molecule is COc1ccc(CCC(=O)NC2(CBr)CC2)cc1. The molecular weight excluding hydrogens is 294 g/mol. The second-order valence-electron chi connectivity index (χ2n) is 4.81. The molecule has 0 heterocycles. The van der Waals surface area contributed by atoms with Gasteiger partial charge in [-0.3, -0.25) is 4.79 Å². The lowest BCUT2D eigenvalue weighted by Crippen LogP contribution is -2.38. The molecule has 3 nitrogen and oxygen atoms in total.